The van der Waals surface area contributed by atoms with Gasteiger partial charge in [-0.1, -0.05) is 359 Å². The molecule has 0 saturated heterocycles. The number of hydrogen-bond donors (Lipinski definition) is 3. The first-order valence-electron chi connectivity index (χ1n) is 33.6. The van der Waals surface area contributed by atoms with Crippen LogP contribution in [0.3, 0.4) is 0 Å². The minimum atomic E-state index is -0.837. The van der Waals surface area contributed by atoms with Crippen molar-refractivity contribution < 1.29 is 15.0 Å². The van der Waals surface area contributed by atoms with Crippen LogP contribution >= 0.6 is 0 Å². The highest BCUT2D eigenvalue weighted by Crippen LogP contribution is 2.19. The summed E-state index contributed by atoms with van der Waals surface area (Å²) in [5, 5.41) is 23.3. The highest BCUT2D eigenvalue weighted by Gasteiger charge is 2.18. The summed E-state index contributed by atoms with van der Waals surface area (Å²) in [5.74, 6) is -0.0547. The van der Waals surface area contributed by atoms with Gasteiger partial charge in [0.25, 0.3) is 0 Å². The zero-order valence-corrected chi connectivity index (χ0v) is 49.5. The molecule has 0 radical (unpaired) electrons. The van der Waals surface area contributed by atoms with Crippen molar-refractivity contribution in [3.05, 3.63) is 24.3 Å². The molecular weight excluding hydrogens is 879 g/mol. The van der Waals surface area contributed by atoms with Crippen LogP contribution in [0.1, 0.15) is 386 Å². The van der Waals surface area contributed by atoms with E-state index in [9.17, 15) is 15.0 Å². The van der Waals surface area contributed by atoms with Gasteiger partial charge in [-0.15, -0.1) is 0 Å². The average Bonchev–Trinajstić information content (AvgIpc) is 3.39. The molecule has 72 heavy (non-hydrogen) atoms. The standard InChI is InChI=1S/C68H133NO3/c1-3-5-7-9-11-13-15-17-19-21-23-25-27-28-29-30-31-32-33-34-35-36-37-38-39-40-42-44-46-48-50-52-54-56-58-60-62-64-68(72)69-66(65-70)67(71)63-61-59-57-55-53-51-49-47-45-43-41-26-24-22-20-18-16-14-12-10-8-6-4-2/h21,23,61,63,66-67,70-71H,3-20,22,24-60,62,64-65H2,1-2H3,(H,69,72)/b23-21-,63-61+. The van der Waals surface area contributed by atoms with Gasteiger partial charge in [0.2, 0.25) is 5.91 Å². The first-order valence-corrected chi connectivity index (χ1v) is 33.6. The van der Waals surface area contributed by atoms with Crippen LogP contribution in [-0.2, 0) is 4.79 Å². The van der Waals surface area contributed by atoms with Gasteiger partial charge in [0, 0.05) is 6.42 Å². The fraction of sp³-hybridized carbons (Fsp3) is 0.926. The molecule has 0 fully saturated rings. The maximum Gasteiger partial charge on any atom is 0.220 e. The maximum absolute atomic E-state index is 12.5. The van der Waals surface area contributed by atoms with Crippen molar-refractivity contribution in [3.8, 4) is 0 Å². The Hall–Kier alpha value is -1.13. The molecule has 0 saturated carbocycles. The zero-order valence-electron chi connectivity index (χ0n) is 49.5. The molecule has 0 aromatic rings. The molecule has 2 atom stereocenters. The summed E-state index contributed by atoms with van der Waals surface area (Å²) >= 11 is 0. The number of unbranched alkanes of at least 4 members (excludes halogenated alkanes) is 54. The van der Waals surface area contributed by atoms with Crippen molar-refractivity contribution in [2.75, 3.05) is 6.61 Å². The third-order valence-corrected chi connectivity index (χ3v) is 15.9. The average molecular weight is 1010 g/mol. The van der Waals surface area contributed by atoms with Crippen LogP contribution in [0.15, 0.2) is 24.3 Å². The molecule has 0 aliphatic rings. The molecule has 4 heteroatoms. The van der Waals surface area contributed by atoms with E-state index in [4.69, 9.17) is 0 Å². The summed E-state index contributed by atoms with van der Waals surface area (Å²) < 4.78 is 0. The Kier molecular flexibility index (Phi) is 63.2. The lowest BCUT2D eigenvalue weighted by Gasteiger charge is -2.20. The third-order valence-electron chi connectivity index (χ3n) is 15.9. The molecule has 0 bridgehead atoms. The van der Waals surface area contributed by atoms with E-state index in [-0.39, 0.29) is 12.5 Å². The van der Waals surface area contributed by atoms with Crippen molar-refractivity contribution in [3.63, 3.8) is 0 Å². The Morgan fingerprint density at radius 2 is 0.528 bits per heavy atom. The van der Waals surface area contributed by atoms with Gasteiger partial charge in [-0.2, -0.15) is 0 Å². The smallest absolute Gasteiger partial charge is 0.220 e. The highest BCUT2D eigenvalue weighted by molar-refractivity contribution is 5.76. The summed E-state index contributed by atoms with van der Waals surface area (Å²) in [5.41, 5.74) is 0. The third kappa shape index (κ3) is 59.7. The van der Waals surface area contributed by atoms with Gasteiger partial charge < -0.3 is 15.5 Å². The van der Waals surface area contributed by atoms with E-state index in [2.05, 4.69) is 31.3 Å². The number of aliphatic hydroxyl groups excluding tert-OH is 2. The van der Waals surface area contributed by atoms with Gasteiger partial charge >= 0.3 is 0 Å². The summed E-state index contributed by atoms with van der Waals surface area (Å²) in [6, 6.07) is -0.620. The SMILES string of the molecule is CCCCCCCCCC/C=C\CCCCCCCCCCCCCCCCCCCCCCCCCCCC(=O)NC(CO)C(O)/C=C/CCCCCCCCCCCCCCCCCCCCCCC. The summed E-state index contributed by atoms with van der Waals surface area (Å²) in [7, 11) is 0. The van der Waals surface area contributed by atoms with E-state index < -0.39 is 12.1 Å². The van der Waals surface area contributed by atoms with E-state index in [1.165, 1.54) is 340 Å². The van der Waals surface area contributed by atoms with Crippen LogP contribution in [-0.4, -0.2) is 34.9 Å². The predicted molar refractivity (Wildman–Crippen MR) is 322 cm³/mol. The Morgan fingerprint density at radius 1 is 0.319 bits per heavy atom. The van der Waals surface area contributed by atoms with Gasteiger partial charge in [-0.05, 0) is 44.9 Å². The van der Waals surface area contributed by atoms with Gasteiger partial charge in [0.05, 0.1) is 18.8 Å². The predicted octanol–water partition coefficient (Wildman–Crippen LogP) is 22.6. The Balaban J connectivity index is 3.39. The van der Waals surface area contributed by atoms with Gasteiger partial charge in [-0.3, -0.25) is 4.79 Å². The monoisotopic (exact) mass is 1010 g/mol. The molecule has 0 aliphatic carbocycles. The minimum Gasteiger partial charge on any atom is -0.394 e. The van der Waals surface area contributed by atoms with Crippen LogP contribution < -0.4 is 5.32 Å². The van der Waals surface area contributed by atoms with Crippen LogP contribution in [0.5, 0.6) is 0 Å². The lowest BCUT2D eigenvalue weighted by Crippen LogP contribution is -2.45. The number of hydrogen-bond acceptors (Lipinski definition) is 3. The minimum absolute atomic E-state index is 0.0547. The number of allylic oxidation sites excluding steroid dienone is 3. The first kappa shape index (κ1) is 70.9. The molecule has 1 amide bonds. The number of amides is 1. The second kappa shape index (κ2) is 64.2. The van der Waals surface area contributed by atoms with Crippen LogP contribution in [0.25, 0.3) is 0 Å². The largest absolute Gasteiger partial charge is 0.394 e. The van der Waals surface area contributed by atoms with E-state index in [0.29, 0.717) is 6.42 Å². The molecule has 0 aromatic heterocycles. The number of nitrogens with one attached hydrogen (secondary N) is 1. The van der Waals surface area contributed by atoms with Gasteiger partial charge in [-0.25, -0.2) is 0 Å². The van der Waals surface area contributed by atoms with E-state index in [0.717, 1.165) is 25.7 Å². The Bertz CT molecular complexity index is 1060. The summed E-state index contributed by atoms with van der Waals surface area (Å²) in [6.45, 7) is 4.36. The molecule has 0 aromatic carbocycles. The molecule has 0 heterocycles. The fourth-order valence-electron chi connectivity index (χ4n) is 10.8. The molecule has 4 nitrogen and oxygen atoms in total. The summed E-state index contributed by atoms with van der Waals surface area (Å²) in [6.07, 6.45) is 86.9. The number of carbonyl (C=O) groups excluding carboxylic acids is 1. The zero-order chi connectivity index (χ0) is 52.0. The van der Waals surface area contributed by atoms with Crippen molar-refractivity contribution in [2.24, 2.45) is 0 Å². The number of carbonyl (C=O) groups is 1. The molecule has 0 spiro atoms. The normalized spacial score (nSPS) is 12.8. The molecule has 2 unspecified atom stereocenters. The van der Waals surface area contributed by atoms with Gasteiger partial charge in [0.1, 0.15) is 0 Å². The van der Waals surface area contributed by atoms with Crippen LogP contribution in [0.4, 0.5) is 0 Å². The lowest BCUT2D eigenvalue weighted by atomic mass is 10.0. The number of rotatable bonds is 63. The van der Waals surface area contributed by atoms with E-state index in [1.54, 1.807) is 6.08 Å². The van der Waals surface area contributed by atoms with Crippen molar-refractivity contribution in [1.82, 2.24) is 5.32 Å². The molecule has 3 N–H and O–H groups in total. The second-order valence-corrected chi connectivity index (χ2v) is 23.2. The van der Waals surface area contributed by atoms with Crippen molar-refractivity contribution in [2.45, 2.75) is 398 Å². The molecule has 0 aliphatic heterocycles. The van der Waals surface area contributed by atoms with E-state index in [1.807, 2.05) is 6.08 Å². The quantitative estimate of drug-likeness (QED) is 0.0420. The van der Waals surface area contributed by atoms with Crippen LogP contribution in [0, 0.1) is 0 Å². The van der Waals surface area contributed by atoms with Crippen molar-refractivity contribution >= 4 is 5.91 Å². The fourth-order valence-corrected chi connectivity index (χ4v) is 10.8. The molecule has 428 valence electrons. The van der Waals surface area contributed by atoms with Crippen molar-refractivity contribution in [1.29, 1.82) is 0 Å². The topological polar surface area (TPSA) is 69.6 Å². The number of aliphatic hydroxyl groups is 2. The highest BCUT2D eigenvalue weighted by atomic mass is 16.3. The molecule has 0 rings (SSSR count). The Labute approximate surface area is 453 Å². The maximum atomic E-state index is 12.5. The van der Waals surface area contributed by atoms with Crippen LogP contribution in [0.2, 0.25) is 0 Å². The van der Waals surface area contributed by atoms with E-state index >= 15 is 0 Å². The summed E-state index contributed by atoms with van der Waals surface area (Å²) in [4.78, 5) is 12.5. The Morgan fingerprint density at radius 3 is 0.764 bits per heavy atom. The second-order valence-electron chi connectivity index (χ2n) is 23.2. The van der Waals surface area contributed by atoms with Gasteiger partial charge in [0.15, 0.2) is 0 Å². The lowest BCUT2D eigenvalue weighted by molar-refractivity contribution is -0.123. The first-order chi connectivity index (χ1) is 35.7. The molecular formula is C68H133NO3.